The van der Waals surface area contributed by atoms with Gasteiger partial charge in [-0.2, -0.15) is 5.26 Å². The molecule has 10 heteroatoms. The van der Waals surface area contributed by atoms with Gasteiger partial charge in [-0.05, 0) is 111 Å². The van der Waals surface area contributed by atoms with Crippen LogP contribution >= 0.6 is 0 Å². The maximum Gasteiger partial charge on any atom is 0.310 e. The van der Waals surface area contributed by atoms with Gasteiger partial charge in [0.2, 0.25) is 5.89 Å². The third-order valence-electron chi connectivity index (χ3n) is 9.62. The van der Waals surface area contributed by atoms with Crippen molar-refractivity contribution >= 4 is 39.5 Å². The van der Waals surface area contributed by atoms with E-state index in [1.165, 1.54) is 0 Å². The van der Waals surface area contributed by atoms with Gasteiger partial charge in [0.15, 0.2) is 11.4 Å². The van der Waals surface area contributed by atoms with E-state index in [0.29, 0.717) is 54.4 Å². The number of carboxylic acids is 1. The second kappa shape index (κ2) is 12.8. The van der Waals surface area contributed by atoms with Gasteiger partial charge in [-0.3, -0.25) is 14.7 Å². The summed E-state index contributed by atoms with van der Waals surface area (Å²) >= 11 is 0. The lowest BCUT2D eigenvalue weighted by Gasteiger charge is -2.20. The predicted octanol–water partition coefficient (Wildman–Crippen LogP) is 7.35. The molecule has 0 aliphatic carbocycles. The molecule has 4 heterocycles. The molecule has 1 aliphatic rings. The molecule has 1 aliphatic heterocycles. The molecule has 0 amide bonds. The number of fused-ring (bicyclic) bond motifs is 2. The van der Waals surface area contributed by atoms with Crippen LogP contribution in [-0.4, -0.2) is 51.1 Å². The van der Waals surface area contributed by atoms with Gasteiger partial charge in [0.1, 0.15) is 17.1 Å². The minimum absolute atomic E-state index is 0.407. The number of nitrogens with one attached hydrogen (secondary N) is 2. The molecule has 0 bridgehead atoms. The van der Waals surface area contributed by atoms with Crippen LogP contribution in [0.5, 0.6) is 0 Å². The van der Waals surface area contributed by atoms with Crippen LogP contribution in [0.4, 0.5) is 11.5 Å². The van der Waals surface area contributed by atoms with Crippen molar-refractivity contribution in [2.45, 2.75) is 40.3 Å². The Balaban J connectivity index is 1.20. The van der Waals surface area contributed by atoms with Crippen molar-refractivity contribution in [2.24, 2.45) is 5.41 Å². The fourth-order valence-corrected chi connectivity index (χ4v) is 6.85. The summed E-state index contributed by atoms with van der Waals surface area (Å²) in [7, 11) is 1.92. The molecule has 3 aromatic heterocycles. The lowest BCUT2D eigenvalue weighted by atomic mass is 9.90. The lowest BCUT2D eigenvalue weighted by Crippen LogP contribution is -2.31. The van der Waals surface area contributed by atoms with Crippen molar-refractivity contribution in [2.75, 3.05) is 25.5 Å². The average molecular weight is 652 g/mol. The maximum atomic E-state index is 11.8. The maximum absolute atomic E-state index is 11.8. The SMILES string of the molecule is CNCc1cnc2c(Nc3cccc(-c4cccc(-c5nc6cc(CN7CCC(C)(C(=O)O)C7)cc(C#N)c6o5)c4C)c3C)nccc2c1. The van der Waals surface area contributed by atoms with Crippen LogP contribution in [0.1, 0.15) is 41.2 Å². The van der Waals surface area contributed by atoms with Crippen molar-refractivity contribution in [3.05, 3.63) is 101 Å². The number of carbonyl (C=O) groups is 1. The van der Waals surface area contributed by atoms with E-state index in [0.717, 1.165) is 62.1 Å². The minimum Gasteiger partial charge on any atom is -0.481 e. The molecule has 10 nitrogen and oxygen atoms in total. The smallest absolute Gasteiger partial charge is 0.310 e. The van der Waals surface area contributed by atoms with E-state index in [4.69, 9.17) is 14.4 Å². The summed E-state index contributed by atoms with van der Waals surface area (Å²) in [5.41, 5.74) is 9.43. The number of aromatic nitrogens is 3. The van der Waals surface area contributed by atoms with Crippen LogP contribution in [0.15, 0.2) is 77.5 Å². The molecule has 0 radical (unpaired) electrons. The molecular weight excluding hydrogens is 614 g/mol. The van der Waals surface area contributed by atoms with Gasteiger partial charge < -0.3 is 20.2 Å². The highest BCUT2D eigenvalue weighted by molar-refractivity contribution is 5.91. The first-order valence-electron chi connectivity index (χ1n) is 16.3. The normalized spacial score (nSPS) is 16.3. The molecule has 1 atom stereocenters. The second-order valence-corrected chi connectivity index (χ2v) is 13.1. The quantitative estimate of drug-likeness (QED) is 0.145. The summed E-state index contributed by atoms with van der Waals surface area (Å²) in [6, 6.07) is 22.4. The van der Waals surface area contributed by atoms with E-state index in [9.17, 15) is 15.2 Å². The van der Waals surface area contributed by atoms with E-state index < -0.39 is 11.4 Å². The molecule has 1 saturated heterocycles. The molecule has 1 unspecified atom stereocenters. The number of benzene rings is 3. The Hall–Kier alpha value is -5.63. The number of hydrogen-bond donors (Lipinski definition) is 3. The van der Waals surface area contributed by atoms with Crippen LogP contribution in [0.25, 0.3) is 44.6 Å². The summed E-state index contributed by atoms with van der Waals surface area (Å²) in [5.74, 6) is 0.357. The van der Waals surface area contributed by atoms with Gasteiger partial charge in [-0.25, -0.2) is 9.97 Å². The van der Waals surface area contributed by atoms with E-state index in [1.807, 2.05) is 55.7 Å². The third-order valence-corrected chi connectivity index (χ3v) is 9.62. The zero-order valence-corrected chi connectivity index (χ0v) is 28.0. The van der Waals surface area contributed by atoms with E-state index in [1.54, 1.807) is 13.1 Å². The van der Waals surface area contributed by atoms with Crippen molar-refractivity contribution < 1.29 is 14.3 Å². The van der Waals surface area contributed by atoms with Crippen molar-refractivity contribution in [3.8, 4) is 28.7 Å². The number of nitrogens with zero attached hydrogens (tertiary/aromatic N) is 5. The van der Waals surface area contributed by atoms with Crippen LogP contribution in [0.3, 0.4) is 0 Å². The Morgan fingerprint density at radius 2 is 1.82 bits per heavy atom. The van der Waals surface area contributed by atoms with E-state index >= 15 is 0 Å². The summed E-state index contributed by atoms with van der Waals surface area (Å²) in [6.45, 7) is 8.36. The standard InChI is InChI=1S/C39H37N7O3/c1-23-29(30-8-6-10-32(24(30)2)44-36-34-27(11-13-42-36)16-26(19-41-4)20-43-34)7-5-9-31(23)37-45-33-17-25(15-28(18-40)35(33)49-37)21-46-14-12-39(3,22-46)38(47)48/h5-11,13,15-17,20,41H,12,14,19,21-22H2,1-4H3,(H,42,44)(H,47,48). The number of pyridine rings is 2. The van der Waals surface area contributed by atoms with Crippen LogP contribution < -0.4 is 10.6 Å². The zero-order valence-electron chi connectivity index (χ0n) is 28.0. The Kier molecular flexibility index (Phi) is 8.32. The fraction of sp³-hybridized carbons (Fsp3) is 0.256. The fourth-order valence-electron chi connectivity index (χ4n) is 6.85. The molecule has 0 spiro atoms. The first-order chi connectivity index (χ1) is 23.7. The summed E-state index contributed by atoms with van der Waals surface area (Å²) in [4.78, 5) is 28.1. The summed E-state index contributed by atoms with van der Waals surface area (Å²) in [6.07, 6.45) is 4.26. The summed E-state index contributed by atoms with van der Waals surface area (Å²) in [5, 5.41) is 27.4. The molecule has 246 valence electrons. The molecule has 0 saturated carbocycles. The molecule has 1 fully saturated rings. The Labute approximate surface area is 284 Å². The highest BCUT2D eigenvalue weighted by Gasteiger charge is 2.40. The van der Waals surface area contributed by atoms with Crippen molar-refractivity contribution in [1.29, 1.82) is 5.26 Å². The Morgan fingerprint density at radius 3 is 2.57 bits per heavy atom. The van der Waals surface area contributed by atoms with Crippen LogP contribution in [-0.2, 0) is 17.9 Å². The minimum atomic E-state index is -0.779. The molecule has 7 rings (SSSR count). The number of carboxylic acid groups (broad SMARTS) is 1. The average Bonchev–Trinajstić information content (AvgIpc) is 3.70. The van der Waals surface area contributed by atoms with Gasteiger partial charge in [-0.1, -0.05) is 24.3 Å². The van der Waals surface area contributed by atoms with Crippen LogP contribution in [0, 0.1) is 30.6 Å². The van der Waals surface area contributed by atoms with E-state index in [2.05, 4.69) is 58.6 Å². The van der Waals surface area contributed by atoms with Gasteiger partial charge in [0.25, 0.3) is 0 Å². The monoisotopic (exact) mass is 651 g/mol. The van der Waals surface area contributed by atoms with Gasteiger partial charge in [0, 0.05) is 48.7 Å². The second-order valence-electron chi connectivity index (χ2n) is 13.1. The first kappa shape index (κ1) is 31.9. The number of rotatable bonds is 9. The number of nitriles is 1. The van der Waals surface area contributed by atoms with E-state index in [-0.39, 0.29) is 0 Å². The highest BCUT2D eigenvalue weighted by atomic mass is 16.4. The van der Waals surface area contributed by atoms with Crippen molar-refractivity contribution in [3.63, 3.8) is 0 Å². The molecule has 3 N–H and O–H groups in total. The van der Waals surface area contributed by atoms with Crippen LogP contribution in [0.2, 0.25) is 0 Å². The first-order valence-corrected chi connectivity index (χ1v) is 16.3. The number of hydrogen-bond acceptors (Lipinski definition) is 9. The van der Waals surface area contributed by atoms with Gasteiger partial charge in [0.05, 0.1) is 11.0 Å². The largest absolute Gasteiger partial charge is 0.481 e. The highest BCUT2D eigenvalue weighted by Crippen LogP contribution is 2.38. The number of anilines is 2. The lowest BCUT2D eigenvalue weighted by molar-refractivity contribution is -0.147. The van der Waals surface area contributed by atoms with Gasteiger partial charge >= 0.3 is 5.97 Å². The number of oxazole rings is 1. The molecular formula is C39H37N7O3. The molecule has 6 aromatic rings. The topological polar surface area (TPSA) is 140 Å². The number of aliphatic carboxylic acids is 1. The third kappa shape index (κ3) is 5.99. The Bertz CT molecular complexity index is 2290. The summed E-state index contributed by atoms with van der Waals surface area (Å²) < 4.78 is 6.28. The number of likely N-dealkylation sites (tertiary alicyclic amines) is 1. The zero-order chi connectivity index (χ0) is 34.3. The predicted molar refractivity (Wildman–Crippen MR) is 190 cm³/mol. The van der Waals surface area contributed by atoms with Crippen molar-refractivity contribution in [1.82, 2.24) is 25.2 Å². The van der Waals surface area contributed by atoms with Gasteiger partial charge in [-0.15, -0.1) is 0 Å². The molecule has 3 aromatic carbocycles. The Morgan fingerprint density at radius 1 is 1.04 bits per heavy atom. The molecule has 49 heavy (non-hydrogen) atoms.